The van der Waals surface area contributed by atoms with Crippen molar-refractivity contribution < 1.29 is 19.7 Å². The van der Waals surface area contributed by atoms with Gasteiger partial charge < -0.3 is 25.4 Å². The third-order valence-electron chi connectivity index (χ3n) is 2.15. The first-order chi connectivity index (χ1) is 5.72. The minimum Gasteiger partial charge on any atom is -0.470 e. The van der Waals surface area contributed by atoms with Crippen molar-refractivity contribution in [1.29, 1.82) is 0 Å². The Balaban J connectivity index is 2.10. The van der Waals surface area contributed by atoms with Gasteiger partial charge in [0.2, 0.25) is 0 Å². The third kappa shape index (κ3) is 0.979. The van der Waals surface area contributed by atoms with E-state index in [9.17, 15) is 5.11 Å². The van der Waals surface area contributed by atoms with Crippen LogP contribution in [0.3, 0.4) is 0 Å². The molecule has 0 aromatic rings. The van der Waals surface area contributed by atoms with Crippen molar-refractivity contribution in [1.82, 2.24) is 0 Å². The average molecular weight is 173 g/mol. The van der Waals surface area contributed by atoms with E-state index >= 15 is 0 Å². The van der Waals surface area contributed by atoms with Crippen molar-refractivity contribution in [2.24, 2.45) is 5.73 Å². The van der Waals surface area contributed by atoms with Gasteiger partial charge in [-0.05, 0) is 0 Å². The molecule has 1 saturated heterocycles. The Morgan fingerprint density at radius 1 is 1.58 bits per heavy atom. The fourth-order valence-electron chi connectivity index (χ4n) is 1.55. The van der Waals surface area contributed by atoms with E-state index in [1.807, 2.05) is 0 Å². The van der Waals surface area contributed by atoms with Gasteiger partial charge in [0.15, 0.2) is 12.0 Å². The van der Waals surface area contributed by atoms with Crippen molar-refractivity contribution in [2.45, 2.75) is 24.4 Å². The van der Waals surface area contributed by atoms with E-state index in [0.717, 1.165) is 0 Å². The predicted octanol–water partition coefficient (Wildman–Crippen LogP) is -1.69. The summed E-state index contributed by atoms with van der Waals surface area (Å²) in [6, 6.07) is 0. The molecule has 4 unspecified atom stereocenters. The fraction of sp³-hybridized carbons (Fsp3) is 0.714. The van der Waals surface area contributed by atoms with Crippen molar-refractivity contribution in [2.75, 3.05) is 6.61 Å². The Morgan fingerprint density at radius 2 is 2.33 bits per heavy atom. The zero-order chi connectivity index (χ0) is 8.72. The molecular formula is C7H11NO4. The van der Waals surface area contributed by atoms with E-state index < -0.39 is 18.3 Å². The molecule has 5 nitrogen and oxygen atoms in total. The molecule has 0 bridgehead atoms. The van der Waals surface area contributed by atoms with Crippen molar-refractivity contribution in [3.05, 3.63) is 12.0 Å². The van der Waals surface area contributed by atoms with Crippen LogP contribution in [0.2, 0.25) is 0 Å². The zero-order valence-electron chi connectivity index (χ0n) is 6.38. The average Bonchev–Trinajstić information content (AvgIpc) is 2.51. The van der Waals surface area contributed by atoms with Gasteiger partial charge in [0.05, 0.1) is 6.61 Å². The van der Waals surface area contributed by atoms with E-state index in [1.54, 1.807) is 6.08 Å². The largest absolute Gasteiger partial charge is 0.470 e. The molecule has 0 spiro atoms. The van der Waals surface area contributed by atoms with Gasteiger partial charge in [0.1, 0.15) is 18.3 Å². The van der Waals surface area contributed by atoms with Crippen LogP contribution >= 0.6 is 0 Å². The molecule has 4 atom stereocenters. The summed E-state index contributed by atoms with van der Waals surface area (Å²) in [6.45, 7) is -0.203. The second kappa shape index (κ2) is 2.62. The van der Waals surface area contributed by atoms with Crippen LogP contribution in [-0.4, -0.2) is 41.2 Å². The number of hydrogen-bond donors (Lipinski definition) is 3. The van der Waals surface area contributed by atoms with Crippen LogP contribution < -0.4 is 5.73 Å². The smallest absolute Gasteiger partial charge is 0.183 e. The molecule has 2 aliphatic rings. The first-order valence-electron chi connectivity index (χ1n) is 3.80. The molecule has 4 N–H and O–H groups in total. The lowest BCUT2D eigenvalue weighted by Gasteiger charge is -2.14. The molecule has 2 aliphatic heterocycles. The molecule has 0 amide bonds. The number of fused-ring (bicyclic) bond motifs is 1. The first-order valence-corrected chi connectivity index (χ1v) is 3.80. The Bertz CT molecular complexity index is 217. The van der Waals surface area contributed by atoms with E-state index in [2.05, 4.69) is 0 Å². The number of hydrogen-bond acceptors (Lipinski definition) is 5. The second-order valence-electron chi connectivity index (χ2n) is 2.96. The third-order valence-corrected chi connectivity index (χ3v) is 2.15. The molecule has 2 heterocycles. The maximum atomic E-state index is 9.48. The maximum Gasteiger partial charge on any atom is 0.183 e. The van der Waals surface area contributed by atoms with Crippen LogP contribution in [0.15, 0.2) is 12.0 Å². The summed E-state index contributed by atoms with van der Waals surface area (Å²) in [5.74, 6) is 0.278. The fourth-order valence-corrected chi connectivity index (χ4v) is 1.55. The van der Waals surface area contributed by atoms with Crippen molar-refractivity contribution in [3.63, 3.8) is 0 Å². The summed E-state index contributed by atoms with van der Waals surface area (Å²) in [5.41, 5.74) is 5.36. The van der Waals surface area contributed by atoms with E-state index in [-0.39, 0.29) is 18.6 Å². The number of rotatable bonds is 1. The number of nitrogens with two attached hydrogens (primary N) is 1. The highest BCUT2D eigenvalue weighted by Gasteiger charge is 2.47. The first kappa shape index (κ1) is 7.85. The minimum absolute atomic E-state index is 0.203. The standard InChI is InChI=1S/C7H11NO4/c8-5-1-3-7(12-5)6(10)4(2-9)11-3/h1,3-4,6-7,9-10H,2,8H2. The zero-order valence-corrected chi connectivity index (χ0v) is 6.38. The highest BCUT2D eigenvalue weighted by Crippen LogP contribution is 2.30. The van der Waals surface area contributed by atoms with Crippen LogP contribution in [0.4, 0.5) is 0 Å². The summed E-state index contributed by atoms with van der Waals surface area (Å²) in [5, 5.41) is 18.2. The molecule has 5 heteroatoms. The van der Waals surface area contributed by atoms with Crippen molar-refractivity contribution >= 4 is 0 Å². The number of ether oxygens (including phenoxy) is 2. The van der Waals surface area contributed by atoms with Crippen LogP contribution in [0.25, 0.3) is 0 Å². The molecule has 0 radical (unpaired) electrons. The highest BCUT2D eigenvalue weighted by atomic mass is 16.6. The van der Waals surface area contributed by atoms with Gasteiger partial charge in [-0.2, -0.15) is 0 Å². The van der Waals surface area contributed by atoms with Gasteiger partial charge in [-0.1, -0.05) is 0 Å². The molecule has 1 fully saturated rings. The summed E-state index contributed by atoms with van der Waals surface area (Å²) in [7, 11) is 0. The van der Waals surface area contributed by atoms with Crippen LogP contribution in [0.1, 0.15) is 0 Å². The van der Waals surface area contributed by atoms with Crippen LogP contribution in [-0.2, 0) is 9.47 Å². The molecule has 2 rings (SSSR count). The lowest BCUT2D eigenvalue weighted by molar-refractivity contribution is -0.0181. The minimum atomic E-state index is -0.794. The summed E-state index contributed by atoms with van der Waals surface area (Å²) in [4.78, 5) is 0. The Hall–Kier alpha value is -0.780. The lowest BCUT2D eigenvalue weighted by atomic mass is 10.1. The summed E-state index contributed by atoms with van der Waals surface area (Å²) >= 11 is 0. The van der Waals surface area contributed by atoms with Gasteiger partial charge in [-0.15, -0.1) is 0 Å². The monoisotopic (exact) mass is 173 g/mol. The van der Waals surface area contributed by atoms with E-state index in [1.165, 1.54) is 0 Å². The Kier molecular flexibility index (Phi) is 1.71. The van der Waals surface area contributed by atoms with Gasteiger partial charge >= 0.3 is 0 Å². The lowest BCUT2D eigenvalue weighted by Crippen LogP contribution is -2.34. The van der Waals surface area contributed by atoms with Gasteiger partial charge in [0.25, 0.3) is 0 Å². The topological polar surface area (TPSA) is 84.9 Å². The summed E-state index contributed by atoms with van der Waals surface area (Å²) in [6.07, 6.45) is -0.496. The quantitative estimate of drug-likeness (QED) is 0.440. The Morgan fingerprint density at radius 3 is 2.92 bits per heavy atom. The summed E-state index contributed by atoms with van der Waals surface area (Å²) < 4.78 is 10.3. The second-order valence-corrected chi connectivity index (χ2v) is 2.96. The van der Waals surface area contributed by atoms with Crippen LogP contribution in [0, 0.1) is 0 Å². The highest BCUT2D eigenvalue weighted by molar-refractivity contribution is 5.11. The SMILES string of the molecule is NC1=CC2OC(CO)C(O)C2O1. The van der Waals surface area contributed by atoms with Gasteiger partial charge in [-0.25, -0.2) is 0 Å². The molecule has 0 saturated carbocycles. The Labute approximate surface area is 69.4 Å². The molecule has 12 heavy (non-hydrogen) atoms. The predicted molar refractivity (Wildman–Crippen MR) is 38.9 cm³/mol. The van der Waals surface area contributed by atoms with Gasteiger partial charge in [0, 0.05) is 6.08 Å². The van der Waals surface area contributed by atoms with E-state index in [0.29, 0.717) is 0 Å². The van der Waals surface area contributed by atoms with E-state index in [4.69, 9.17) is 20.3 Å². The normalized spacial score (nSPS) is 45.3. The maximum absolute atomic E-state index is 9.48. The molecule has 68 valence electrons. The molecule has 0 aromatic heterocycles. The molecular weight excluding hydrogens is 162 g/mol. The number of aliphatic hydroxyl groups is 2. The molecule has 0 aromatic carbocycles. The van der Waals surface area contributed by atoms with Gasteiger partial charge in [-0.3, -0.25) is 0 Å². The number of aliphatic hydroxyl groups excluding tert-OH is 2. The van der Waals surface area contributed by atoms with Crippen LogP contribution in [0.5, 0.6) is 0 Å². The van der Waals surface area contributed by atoms with Crippen molar-refractivity contribution in [3.8, 4) is 0 Å². The molecule has 0 aliphatic carbocycles.